The summed E-state index contributed by atoms with van der Waals surface area (Å²) < 4.78 is 36.2. The quantitative estimate of drug-likeness (QED) is 0.149. The van der Waals surface area contributed by atoms with Gasteiger partial charge in [-0.05, 0) is 91.8 Å². The van der Waals surface area contributed by atoms with Crippen molar-refractivity contribution in [2.75, 3.05) is 0 Å². The third-order valence-corrected chi connectivity index (χ3v) is 11.7. The third-order valence-electron chi connectivity index (χ3n) is 11.7. The van der Waals surface area contributed by atoms with Gasteiger partial charge in [0.05, 0.1) is 11.4 Å². The summed E-state index contributed by atoms with van der Waals surface area (Å²) in [5.74, 6) is 1.66. The van der Waals surface area contributed by atoms with E-state index in [2.05, 4.69) is 152 Å². The van der Waals surface area contributed by atoms with E-state index in [1.165, 1.54) is 11.1 Å². The van der Waals surface area contributed by atoms with Crippen molar-refractivity contribution in [3.8, 4) is 56.6 Å². The van der Waals surface area contributed by atoms with E-state index in [1.54, 1.807) is 6.20 Å². The fourth-order valence-corrected chi connectivity index (χ4v) is 8.49. The van der Waals surface area contributed by atoms with Crippen LogP contribution in [0.25, 0.3) is 67.0 Å². The Balaban J connectivity index is 0.00000592. The molecular weight excluding hydrogens is 952 g/mol. The number of pyridine rings is 1. The van der Waals surface area contributed by atoms with Crippen molar-refractivity contribution >= 4 is 21.8 Å². The molecular formula is C57H54N4OPt. The van der Waals surface area contributed by atoms with E-state index in [9.17, 15) is 0 Å². The molecule has 5 nitrogen and oxygen atoms in total. The van der Waals surface area contributed by atoms with Crippen LogP contribution in [0.1, 0.15) is 88.7 Å². The molecule has 9 rings (SSSR count). The number of hydrogen-bond donors (Lipinski definition) is 0. The molecule has 0 spiro atoms. The summed E-state index contributed by atoms with van der Waals surface area (Å²) in [4.78, 5) is 4.86. The Kier molecular flexibility index (Phi) is 10.5. The molecule has 3 aromatic heterocycles. The van der Waals surface area contributed by atoms with Crippen molar-refractivity contribution < 1.29 is 29.9 Å². The predicted molar refractivity (Wildman–Crippen MR) is 257 cm³/mol. The summed E-state index contributed by atoms with van der Waals surface area (Å²) in [6, 6.07) is 54.1. The molecule has 0 N–H and O–H groups in total. The molecule has 3 heterocycles. The standard InChI is InChI=1S/C57H54N4O.Pt/c1-37-32-39(55(2,3)4)26-28-43(37)38-30-31-58-54(33-38)60-51-25-16-13-20-44(51)45-29-27-42(35-52(45)60)62-41-19-17-18-40(34-41)61-53(47-22-12-15-24-49(47)57(8,9)10)36-50(59-61)46-21-11-14-23-48(46)56(5,6)7;/h11-33,36H,1-10H3;/q-2;+2/i1D3;. The van der Waals surface area contributed by atoms with E-state index in [0.29, 0.717) is 28.4 Å². The first kappa shape index (κ1) is 39.8. The predicted octanol–water partition coefficient (Wildman–Crippen LogP) is 15.0. The number of hydrogen-bond acceptors (Lipinski definition) is 3. The van der Waals surface area contributed by atoms with E-state index >= 15 is 0 Å². The van der Waals surface area contributed by atoms with Crippen molar-refractivity contribution in [3.05, 3.63) is 180 Å². The molecule has 6 aromatic carbocycles. The molecule has 0 aliphatic heterocycles. The van der Waals surface area contributed by atoms with E-state index in [0.717, 1.165) is 61.1 Å². The SMILES string of the molecule is [2H]C([2H])([2H])c1cc(C(C)(C)C)ccc1-c1ccnc(-n2c3[c-]c(Oc4[c-]c(-n5nc(-c6ccccc6C(C)(C)C)cc5-c5ccccc5C(C)(C)C)ccc4)ccc3c3ccccc32)c1.[Pt+2]. The van der Waals surface area contributed by atoms with Gasteiger partial charge in [-0.25, -0.2) is 4.98 Å². The van der Waals surface area contributed by atoms with E-state index in [4.69, 9.17) is 18.9 Å². The minimum atomic E-state index is -2.31. The zero-order chi connectivity index (χ0) is 46.1. The zero-order valence-electron chi connectivity index (χ0n) is 40.4. The number of aryl methyl sites for hydroxylation is 1. The van der Waals surface area contributed by atoms with Gasteiger partial charge >= 0.3 is 21.1 Å². The van der Waals surface area contributed by atoms with E-state index in [-0.39, 0.29) is 37.3 Å². The Labute approximate surface area is 391 Å². The third kappa shape index (κ3) is 8.44. The molecule has 63 heavy (non-hydrogen) atoms. The molecule has 0 bridgehead atoms. The number of rotatable bonds is 7. The molecule has 0 saturated carbocycles. The number of aromatic nitrogens is 4. The average Bonchev–Trinajstić information content (AvgIpc) is 3.85. The minimum absolute atomic E-state index is 0. The van der Waals surface area contributed by atoms with Gasteiger partial charge in [-0.15, -0.1) is 35.7 Å². The zero-order valence-corrected chi connectivity index (χ0v) is 39.6. The summed E-state index contributed by atoms with van der Waals surface area (Å²) in [6.45, 7) is 17.4. The van der Waals surface area contributed by atoms with Crippen LogP contribution in [0.4, 0.5) is 0 Å². The maximum Gasteiger partial charge on any atom is 2.00 e. The number of benzene rings is 6. The fourth-order valence-electron chi connectivity index (χ4n) is 8.49. The van der Waals surface area contributed by atoms with Gasteiger partial charge in [-0.1, -0.05) is 153 Å². The van der Waals surface area contributed by atoms with Gasteiger partial charge in [0.2, 0.25) is 0 Å². The van der Waals surface area contributed by atoms with Gasteiger partial charge in [-0.3, -0.25) is 4.68 Å². The van der Waals surface area contributed by atoms with Crippen LogP contribution in [-0.4, -0.2) is 19.3 Å². The van der Waals surface area contributed by atoms with Gasteiger partial charge in [0, 0.05) is 38.5 Å². The van der Waals surface area contributed by atoms with Crippen LogP contribution in [0.2, 0.25) is 0 Å². The van der Waals surface area contributed by atoms with Crippen LogP contribution >= 0.6 is 0 Å². The molecule has 6 heteroatoms. The maximum atomic E-state index is 8.48. The number of para-hydroxylation sites is 1. The van der Waals surface area contributed by atoms with Crippen LogP contribution in [0.5, 0.6) is 11.5 Å². The van der Waals surface area contributed by atoms with Crippen molar-refractivity contribution in [1.29, 1.82) is 0 Å². The normalized spacial score (nSPS) is 13.1. The van der Waals surface area contributed by atoms with Crippen molar-refractivity contribution in [2.24, 2.45) is 0 Å². The Morgan fingerprint density at radius 1 is 0.587 bits per heavy atom. The number of ether oxygens (including phenoxy) is 1. The first-order chi connectivity index (χ1) is 30.8. The Morgan fingerprint density at radius 2 is 1.27 bits per heavy atom. The second kappa shape index (κ2) is 16.6. The first-order valence-corrected chi connectivity index (χ1v) is 21.3. The van der Waals surface area contributed by atoms with Crippen LogP contribution in [0, 0.1) is 19.0 Å². The van der Waals surface area contributed by atoms with Crippen molar-refractivity contribution in [1.82, 2.24) is 19.3 Å². The average molecular weight is 1010 g/mol. The van der Waals surface area contributed by atoms with Crippen LogP contribution in [-0.2, 0) is 37.3 Å². The van der Waals surface area contributed by atoms with E-state index in [1.807, 2.05) is 71.4 Å². The van der Waals surface area contributed by atoms with Crippen LogP contribution in [0.15, 0.2) is 146 Å². The largest absolute Gasteiger partial charge is 2.00 e. The molecule has 0 aliphatic carbocycles. The summed E-state index contributed by atoms with van der Waals surface area (Å²) in [7, 11) is 0. The Morgan fingerprint density at radius 3 is 2.00 bits per heavy atom. The minimum Gasteiger partial charge on any atom is -0.509 e. The fraction of sp³-hybridized carbons (Fsp3) is 0.228. The van der Waals surface area contributed by atoms with Crippen LogP contribution < -0.4 is 4.74 Å². The summed E-state index contributed by atoms with van der Waals surface area (Å²) in [5.41, 5.74) is 11.2. The van der Waals surface area contributed by atoms with Gasteiger partial charge in [0.25, 0.3) is 0 Å². The molecule has 0 atom stereocenters. The molecule has 0 saturated heterocycles. The Bertz CT molecular complexity index is 3250. The molecule has 318 valence electrons. The molecule has 0 aliphatic rings. The number of fused-ring (bicyclic) bond motifs is 3. The molecule has 0 unspecified atom stereocenters. The van der Waals surface area contributed by atoms with Gasteiger partial charge in [0.1, 0.15) is 5.82 Å². The summed E-state index contributed by atoms with van der Waals surface area (Å²) in [6.07, 6.45) is 1.74. The monoisotopic (exact) mass is 1010 g/mol. The smallest absolute Gasteiger partial charge is 0.509 e. The van der Waals surface area contributed by atoms with Crippen molar-refractivity contribution in [3.63, 3.8) is 0 Å². The van der Waals surface area contributed by atoms with Crippen molar-refractivity contribution in [2.45, 2.75) is 85.4 Å². The van der Waals surface area contributed by atoms with Gasteiger partial charge in [0.15, 0.2) is 0 Å². The maximum absolute atomic E-state index is 8.48. The second-order valence-electron chi connectivity index (χ2n) is 19.3. The summed E-state index contributed by atoms with van der Waals surface area (Å²) >= 11 is 0. The van der Waals surface area contributed by atoms with Crippen LogP contribution in [0.3, 0.4) is 0 Å². The summed E-state index contributed by atoms with van der Waals surface area (Å²) in [5, 5.41) is 7.35. The first-order valence-electron chi connectivity index (χ1n) is 22.8. The van der Waals surface area contributed by atoms with Gasteiger partial charge in [-0.2, -0.15) is 17.2 Å². The van der Waals surface area contributed by atoms with Gasteiger partial charge < -0.3 is 9.30 Å². The molecule has 0 fully saturated rings. The molecule has 0 radical (unpaired) electrons. The second-order valence-corrected chi connectivity index (χ2v) is 19.3. The number of nitrogens with zero attached hydrogens (tertiary/aromatic N) is 4. The Hall–Kier alpha value is -6.03. The topological polar surface area (TPSA) is 44.9 Å². The van der Waals surface area contributed by atoms with E-state index < -0.39 is 6.85 Å². The molecule has 9 aromatic rings. The molecule has 0 amide bonds.